The van der Waals surface area contributed by atoms with Crippen molar-refractivity contribution in [2.24, 2.45) is 0 Å². The molecule has 2 rings (SSSR count). The van der Waals surface area contributed by atoms with Gasteiger partial charge in [-0.05, 0) is 31.4 Å². The van der Waals surface area contributed by atoms with Crippen LogP contribution in [0.25, 0.3) is 0 Å². The van der Waals surface area contributed by atoms with Crippen LogP contribution in [0.2, 0.25) is 0 Å². The van der Waals surface area contributed by atoms with Crippen molar-refractivity contribution in [3.8, 4) is 0 Å². The summed E-state index contributed by atoms with van der Waals surface area (Å²) in [5.41, 5.74) is 3.55. The molecule has 0 saturated heterocycles. The van der Waals surface area contributed by atoms with Crippen LogP contribution in [0.4, 0.5) is 11.8 Å². The summed E-state index contributed by atoms with van der Waals surface area (Å²) in [5.74, 6) is 1.58. The van der Waals surface area contributed by atoms with E-state index in [1.54, 1.807) is 0 Å². The van der Waals surface area contributed by atoms with Crippen LogP contribution in [0.5, 0.6) is 0 Å². The number of hydrogen-bond acceptors (Lipinski definition) is 4. The number of nitrogens with one attached hydrogen (secondary N) is 2. The monoisotopic (exact) mass is 298 g/mol. The third kappa shape index (κ3) is 5.02. The molecule has 0 aliphatic carbocycles. The number of benzene rings is 1. The highest BCUT2D eigenvalue weighted by atomic mass is 15.1. The summed E-state index contributed by atoms with van der Waals surface area (Å²) >= 11 is 0. The van der Waals surface area contributed by atoms with Crippen molar-refractivity contribution in [2.75, 3.05) is 17.2 Å². The first-order chi connectivity index (χ1) is 10.7. The Bertz CT molecular complexity index is 595. The molecule has 22 heavy (non-hydrogen) atoms. The normalized spacial score (nSPS) is 10.5. The summed E-state index contributed by atoms with van der Waals surface area (Å²) in [4.78, 5) is 8.98. The number of rotatable bonds is 8. The second-order valence-corrected chi connectivity index (χ2v) is 5.63. The largest absolute Gasteiger partial charge is 0.366 e. The van der Waals surface area contributed by atoms with E-state index in [0.717, 1.165) is 31.0 Å². The summed E-state index contributed by atoms with van der Waals surface area (Å²) in [6.45, 7) is 8.03. The molecule has 0 bridgehead atoms. The van der Waals surface area contributed by atoms with Crippen molar-refractivity contribution in [3.05, 3.63) is 47.2 Å². The van der Waals surface area contributed by atoms with E-state index in [9.17, 15) is 0 Å². The molecule has 0 spiro atoms. The van der Waals surface area contributed by atoms with Crippen molar-refractivity contribution < 1.29 is 0 Å². The zero-order chi connectivity index (χ0) is 15.8. The van der Waals surface area contributed by atoms with Crippen LogP contribution in [0.15, 0.2) is 30.3 Å². The van der Waals surface area contributed by atoms with E-state index in [2.05, 4.69) is 58.7 Å². The maximum Gasteiger partial charge on any atom is 0.224 e. The van der Waals surface area contributed by atoms with E-state index in [-0.39, 0.29) is 0 Å². The van der Waals surface area contributed by atoms with Gasteiger partial charge in [-0.25, -0.2) is 4.98 Å². The number of unbranched alkanes of at least 4 members (excludes halogenated alkanes) is 2. The van der Waals surface area contributed by atoms with Gasteiger partial charge in [-0.15, -0.1) is 0 Å². The van der Waals surface area contributed by atoms with Crippen LogP contribution in [0.3, 0.4) is 0 Å². The minimum Gasteiger partial charge on any atom is -0.366 e. The van der Waals surface area contributed by atoms with Gasteiger partial charge in [-0.2, -0.15) is 4.98 Å². The molecule has 1 aromatic carbocycles. The zero-order valence-electron chi connectivity index (χ0n) is 13.8. The smallest absolute Gasteiger partial charge is 0.224 e. The number of nitrogens with zero attached hydrogens (tertiary/aromatic N) is 2. The maximum absolute atomic E-state index is 4.54. The van der Waals surface area contributed by atoms with Crippen LogP contribution in [-0.4, -0.2) is 16.5 Å². The molecule has 1 heterocycles. The highest BCUT2D eigenvalue weighted by Gasteiger charge is 2.03. The Labute approximate surface area is 133 Å². The van der Waals surface area contributed by atoms with Crippen LogP contribution in [-0.2, 0) is 6.54 Å². The van der Waals surface area contributed by atoms with E-state index in [1.165, 1.54) is 24.0 Å². The minimum atomic E-state index is 0.711. The lowest BCUT2D eigenvalue weighted by Gasteiger charge is -2.11. The average Bonchev–Trinajstić information content (AvgIpc) is 2.50. The molecule has 118 valence electrons. The Morgan fingerprint density at radius 2 is 1.82 bits per heavy atom. The highest BCUT2D eigenvalue weighted by molar-refractivity contribution is 5.43. The molecule has 0 aliphatic heterocycles. The van der Waals surface area contributed by atoms with Crippen LogP contribution < -0.4 is 10.6 Å². The van der Waals surface area contributed by atoms with E-state index < -0.39 is 0 Å². The number of hydrogen-bond donors (Lipinski definition) is 2. The summed E-state index contributed by atoms with van der Waals surface area (Å²) in [6, 6.07) is 10.4. The van der Waals surface area contributed by atoms with Crippen LogP contribution in [0, 0.1) is 13.8 Å². The number of aryl methyl sites for hydroxylation is 2. The van der Waals surface area contributed by atoms with E-state index in [1.807, 2.05) is 13.0 Å². The molecule has 1 aromatic heterocycles. The summed E-state index contributed by atoms with van der Waals surface area (Å²) in [6.07, 6.45) is 3.61. The van der Waals surface area contributed by atoms with Gasteiger partial charge in [0.2, 0.25) is 5.95 Å². The predicted molar refractivity (Wildman–Crippen MR) is 93.3 cm³/mol. The number of aromatic nitrogens is 2. The Balaban J connectivity index is 1.96. The Hall–Kier alpha value is -2.10. The average molecular weight is 298 g/mol. The fraction of sp³-hybridized carbons (Fsp3) is 0.444. The second-order valence-electron chi connectivity index (χ2n) is 5.63. The molecule has 0 saturated carbocycles. The van der Waals surface area contributed by atoms with Crippen LogP contribution in [0.1, 0.15) is 43.0 Å². The quantitative estimate of drug-likeness (QED) is 0.713. The van der Waals surface area contributed by atoms with E-state index in [4.69, 9.17) is 0 Å². The molecular weight excluding hydrogens is 272 g/mol. The highest BCUT2D eigenvalue weighted by Crippen LogP contribution is 2.13. The first-order valence-corrected chi connectivity index (χ1v) is 8.07. The SMILES string of the molecule is CCCCCNc1nc(C)cc(NCc2ccccc2C)n1. The van der Waals surface area contributed by atoms with Gasteiger partial charge in [0.15, 0.2) is 0 Å². The molecule has 0 fully saturated rings. The van der Waals surface area contributed by atoms with Gasteiger partial charge in [0.25, 0.3) is 0 Å². The van der Waals surface area contributed by atoms with Gasteiger partial charge in [0.1, 0.15) is 5.82 Å². The third-order valence-corrected chi connectivity index (χ3v) is 3.64. The first kappa shape index (κ1) is 16.3. The summed E-state index contributed by atoms with van der Waals surface area (Å²) in [5, 5.41) is 6.70. The minimum absolute atomic E-state index is 0.711. The molecular formula is C18H26N4. The topological polar surface area (TPSA) is 49.8 Å². The summed E-state index contributed by atoms with van der Waals surface area (Å²) in [7, 11) is 0. The van der Waals surface area contributed by atoms with Crippen molar-refractivity contribution in [3.63, 3.8) is 0 Å². The third-order valence-electron chi connectivity index (χ3n) is 3.64. The zero-order valence-corrected chi connectivity index (χ0v) is 13.8. The van der Waals surface area contributed by atoms with Crippen LogP contribution >= 0.6 is 0 Å². The standard InChI is InChI=1S/C18H26N4/c1-4-5-8-11-19-18-21-15(3)12-17(22-18)20-13-16-10-7-6-9-14(16)2/h6-7,9-10,12H,4-5,8,11,13H2,1-3H3,(H2,19,20,21,22). The lowest BCUT2D eigenvalue weighted by molar-refractivity contribution is 0.740. The van der Waals surface area contributed by atoms with Crippen molar-refractivity contribution in [2.45, 2.75) is 46.6 Å². The Morgan fingerprint density at radius 3 is 2.59 bits per heavy atom. The maximum atomic E-state index is 4.54. The molecule has 2 aromatic rings. The van der Waals surface area contributed by atoms with E-state index in [0.29, 0.717) is 5.95 Å². The molecule has 0 amide bonds. The fourth-order valence-corrected chi connectivity index (χ4v) is 2.31. The molecule has 0 aliphatic rings. The lowest BCUT2D eigenvalue weighted by atomic mass is 10.1. The fourth-order valence-electron chi connectivity index (χ4n) is 2.31. The molecule has 4 nitrogen and oxygen atoms in total. The number of anilines is 2. The molecule has 0 unspecified atom stereocenters. The second kappa shape index (κ2) is 8.37. The van der Waals surface area contributed by atoms with Gasteiger partial charge >= 0.3 is 0 Å². The Morgan fingerprint density at radius 1 is 1.00 bits per heavy atom. The van der Waals surface area contributed by atoms with Crippen molar-refractivity contribution in [1.29, 1.82) is 0 Å². The molecule has 2 N–H and O–H groups in total. The lowest BCUT2D eigenvalue weighted by Crippen LogP contribution is -2.09. The molecule has 0 atom stereocenters. The van der Waals surface area contributed by atoms with Gasteiger partial charge in [0.05, 0.1) is 0 Å². The van der Waals surface area contributed by atoms with Gasteiger partial charge in [-0.3, -0.25) is 0 Å². The Kier molecular flexibility index (Phi) is 6.19. The van der Waals surface area contributed by atoms with Crippen molar-refractivity contribution in [1.82, 2.24) is 9.97 Å². The van der Waals surface area contributed by atoms with Gasteiger partial charge < -0.3 is 10.6 Å². The van der Waals surface area contributed by atoms with Crippen molar-refractivity contribution >= 4 is 11.8 Å². The van der Waals surface area contributed by atoms with Gasteiger partial charge in [-0.1, -0.05) is 44.0 Å². The summed E-state index contributed by atoms with van der Waals surface area (Å²) < 4.78 is 0. The predicted octanol–water partition coefficient (Wildman–Crippen LogP) is 4.31. The first-order valence-electron chi connectivity index (χ1n) is 8.07. The van der Waals surface area contributed by atoms with Gasteiger partial charge in [0, 0.05) is 24.8 Å². The van der Waals surface area contributed by atoms with E-state index >= 15 is 0 Å². The molecule has 0 radical (unpaired) electrons. The molecule has 4 heteroatoms.